The van der Waals surface area contributed by atoms with Gasteiger partial charge in [0.15, 0.2) is 6.04 Å². The molecule has 0 fully saturated rings. The van der Waals surface area contributed by atoms with Crippen LogP contribution in [0.3, 0.4) is 0 Å². The van der Waals surface area contributed by atoms with E-state index in [-0.39, 0.29) is 5.56 Å². The fourth-order valence-corrected chi connectivity index (χ4v) is 2.75. The van der Waals surface area contributed by atoms with E-state index in [9.17, 15) is 18.4 Å². The van der Waals surface area contributed by atoms with Crippen molar-refractivity contribution >= 4 is 23.2 Å². The van der Waals surface area contributed by atoms with E-state index in [4.69, 9.17) is 0 Å². The Labute approximate surface area is 129 Å². The van der Waals surface area contributed by atoms with Gasteiger partial charge in [-0.2, -0.15) is 0 Å². The number of aryl methyl sites for hydroxylation is 1. The molecule has 2 aromatic rings. The largest absolute Gasteiger partial charge is 0.467 e. The van der Waals surface area contributed by atoms with Crippen molar-refractivity contribution in [3.8, 4) is 0 Å². The third-order valence-corrected chi connectivity index (χ3v) is 4.06. The summed E-state index contributed by atoms with van der Waals surface area (Å²) >= 11 is 1.19. The molecule has 0 bridgehead atoms. The van der Waals surface area contributed by atoms with Gasteiger partial charge in [-0.05, 0) is 42.1 Å². The van der Waals surface area contributed by atoms with Crippen LogP contribution in [0.5, 0.6) is 0 Å². The van der Waals surface area contributed by atoms with Gasteiger partial charge < -0.3 is 10.1 Å². The number of nitrogens with one attached hydrogen (secondary N) is 1. The average molecular weight is 325 g/mol. The predicted molar refractivity (Wildman–Crippen MR) is 77.6 cm³/mol. The molecule has 1 heterocycles. The summed E-state index contributed by atoms with van der Waals surface area (Å²) in [5, 5.41) is 4.11. The molecule has 0 spiro atoms. The lowest BCUT2D eigenvalue weighted by Crippen LogP contribution is -2.35. The standard InChI is InChI=1S/C15H13F2NO3S/c1-8-5-6-22-13(8)14(19)18-12(15(20)21-2)10-7-9(16)3-4-11(10)17/h3-7,12H,1-2H3,(H,18,19)/t12-/m1/s1. The fraction of sp³-hybridized carbons (Fsp3) is 0.200. The Morgan fingerprint density at radius 1 is 1.27 bits per heavy atom. The summed E-state index contributed by atoms with van der Waals surface area (Å²) in [5.41, 5.74) is 0.445. The minimum Gasteiger partial charge on any atom is -0.467 e. The van der Waals surface area contributed by atoms with Crippen LogP contribution in [0, 0.1) is 18.6 Å². The number of carbonyl (C=O) groups is 2. The molecule has 0 unspecified atom stereocenters. The molecular formula is C15H13F2NO3S. The lowest BCUT2D eigenvalue weighted by molar-refractivity contribution is -0.143. The van der Waals surface area contributed by atoms with E-state index in [0.29, 0.717) is 4.88 Å². The van der Waals surface area contributed by atoms with Crippen LogP contribution in [-0.4, -0.2) is 19.0 Å². The highest BCUT2D eigenvalue weighted by atomic mass is 32.1. The summed E-state index contributed by atoms with van der Waals surface area (Å²) in [5.74, 6) is -2.95. The van der Waals surface area contributed by atoms with Crippen LogP contribution in [0.25, 0.3) is 0 Å². The van der Waals surface area contributed by atoms with Crippen LogP contribution in [-0.2, 0) is 9.53 Å². The van der Waals surface area contributed by atoms with Gasteiger partial charge in [-0.3, -0.25) is 4.79 Å². The number of rotatable bonds is 4. The summed E-state index contributed by atoms with van der Waals surface area (Å²) in [6.45, 7) is 1.74. The number of thiophene rings is 1. The molecule has 116 valence electrons. The van der Waals surface area contributed by atoms with E-state index in [2.05, 4.69) is 10.1 Å². The van der Waals surface area contributed by atoms with Crippen molar-refractivity contribution < 1.29 is 23.1 Å². The number of halogens is 2. The molecule has 22 heavy (non-hydrogen) atoms. The fourth-order valence-electron chi connectivity index (χ4n) is 1.92. The van der Waals surface area contributed by atoms with Crippen molar-refractivity contribution in [2.24, 2.45) is 0 Å². The molecule has 4 nitrogen and oxygen atoms in total. The molecule has 1 aromatic heterocycles. The number of carbonyl (C=O) groups excluding carboxylic acids is 2. The number of methoxy groups -OCH3 is 1. The van der Waals surface area contributed by atoms with Gasteiger partial charge in [-0.15, -0.1) is 11.3 Å². The SMILES string of the molecule is COC(=O)[C@H](NC(=O)c1sccc1C)c1cc(F)ccc1F. The third kappa shape index (κ3) is 3.30. The van der Waals surface area contributed by atoms with Crippen molar-refractivity contribution in [3.05, 3.63) is 57.3 Å². The van der Waals surface area contributed by atoms with E-state index < -0.39 is 29.6 Å². The molecule has 2 rings (SSSR count). The number of amides is 1. The molecule has 1 N–H and O–H groups in total. The monoisotopic (exact) mass is 325 g/mol. The second-order valence-corrected chi connectivity index (χ2v) is 5.44. The Kier molecular flexibility index (Phi) is 4.87. The lowest BCUT2D eigenvalue weighted by atomic mass is 10.1. The lowest BCUT2D eigenvalue weighted by Gasteiger charge is -2.17. The molecule has 1 atom stereocenters. The second-order valence-electron chi connectivity index (χ2n) is 4.53. The zero-order valence-electron chi connectivity index (χ0n) is 11.9. The minimum atomic E-state index is -1.42. The van der Waals surface area contributed by atoms with E-state index in [1.807, 2.05) is 0 Å². The van der Waals surface area contributed by atoms with Gasteiger partial charge in [0.05, 0.1) is 12.0 Å². The van der Waals surface area contributed by atoms with E-state index in [0.717, 1.165) is 30.9 Å². The molecule has 0 aliphatic carbocycles. The second kappa shape index (κ2) is 6.65. The number of hydrogen-bond acceptors (Lipinski definition) is 4. The number of ether oxygens (including phenoxy) is 1. The Bertz CT molecular complexity index is 715. The van der Waals surface area contributed by atoms with Crippen molar-refractivity contribution in [1.29, 1.82) is 0 Å². The Balaban J connectivity index is 2.35. The van der Waals surface area contributed by atoms with Gasteiger partial charge in [0.1, 0.15) is 11.6 Å². The molecule has 1 aromatic carbocycles. The van der Waals surface area contributed by atoms with Crippen LogP contribution in [0.1, 0.15) is 26.8 Å². The Morgan fingerprint density at radius 2 is 2.00 bits per heavy atom. The highest BCUT2D eigenvalue weighted by molar-refractivity contribution is 7.12. The van der Waals surface area contributed by atoms with Crippen molar-refractivity contribution in [1.82, 2.24) is 5.32 Å². The van der Waals surface area contributed by atoms with Gasteiger partial charge >= 0.3 is 5.97 Å². The van der Waals surface area contributed by atoms with Crippen LogP contribution in [0.15, 0.2) is 29.6 Å². The predicted octanol–water partition coefficient (Wildman–Crippen LogP) is 2.98. The molecule has 0 radical (unpaired) electrons. The smallest absolute Gasteiger partial charge is 0.333 e. The van der Waals surface area contributed by atoms with Crippen LogP contribution < -0.4 is 5.32 Å². The number of hydrogen-bond donors (Lipinski definition) is 1. The molecule has 7 heteroatoms. The van der Waals surface area contributed by atoms with Crippen molar-refractivity contribution in [2.75, 3.05) is 7.11 Å². The highest BCUT2D eigenvalue weighted by Crippen LogP contribution is 2.22. The number of esters is 1. The van der Waals surface area contributed by atoms with Gasteiger partial charge in [0.25, 0.3) is 5.91 Å². The highest BCUT2D eigenvalue weighted by Gasteiger charge is 2.28. The summed E-state index contributed by atoms with van der Waals surface area (Å²) in [7, 11) is 1.11. The maximum absolute atomic E-state index is 13.9. The van der Waals surface area contributed by atoms with E-state index in [1.54, 1.807) is 18.4 Å². The van der Waals surface area contributed by atoms with E-state index in [1.165, 1.54) is 11.3 Å². The molecule has 0 aliphatic heterocycles. The normalized spacial score (nSPS) is 11.8. The van der Waals surface area contributed by atoms with E-state index >= 15 is 0 Å². The zero-order valence-corrected chi connectivity index (χ0v) is 12.7. The first-order chi connectivity index (χ1) is 10.4. The van der Waals surface area contributed by atoms with Gasteiger partial charge in [0, 0.05) is 5.56 Å². The summed E-state index contributed by atoms with van der Waals surface area (Å²) in [4.78, 5) is 24.4. The first-order valence-electron chi connectivity index (χ1n) is 6.31. The Hall–Kier alpha value is -2.28. The number of benzene rings is 1. The Morgan fingerprint density at radius 3 is 2.59 bits per heavy atom. The molecule has 0 saturated heterocycles. The van der Waals surface area contributed by atoms with Crippen LogP contribution in [0.4, 0.5) is 8.78 Å². The molecule has 0 saturated carbocycles. The van der Waals surface area contributed by atoms with Gasteiger partial charge in [-0.1, -0.05) is 0 Å². The first-order valence-corrected chi connectivity index (χ1v) is 7.19. The molecular weight excluding hydrogens is 312 g/mol. The minimum absolute atomic E-state index is 0.283. The van der Waals surface area contributed by atoms with Crippen LogP contribution >= 0.6 is 11.3 Å². The molecule has 1 amide bonds. The first kappa shape index (κ1) is 16.1. The zero-order chi connectivity index (χ0) is 16.3. The van der Waals surface area contributed by atoms with Gasteiger partial charge in [0.2, 0.25) is 0 Å². The topological polar surface area (TPSA) is 55.4 Å². The maximum Gasteiger partial charge on any atom is 0.333 e. The van der Waals surface area contributed by atoms with Crippen molar-refractivity contribution in [3.63, 3.8) is 0 Å². The van der Waals surface area contributed by atoms with Crippen molar-refractivity contribution in [2.45, 2.75) is 13.0 Å². The molecule has 0 aliphatic rings. The quantitative estimate of drug-likeness (QED) is 0.879. The van der Waals surface area contributed by atoms with Gasteiger partial charge in [-0.25, -0.2) is 13.6 Å². The third-order valence-electron chi connectivity index (χ3n) is 3.05. The summed E-state index contributed by atoms with van der Waals surface area (Å²) in [6.07, 6.45) is 0. The average Bonchev–Trinajstić information content (AvgIpc) is 2.92. The van der Waals surface area contributed by atoms with Crippen LogP contribution in [0.2, 0.25) is 0 Å². The maximum atomic E-state index is 13.9. The summed E-state index contributed by atoms with van der Waals surface area (Å²) < 4.78 is 31.8. The summed E-state index contributed by atoms with van der Waals surface area (Å²) in [6, 6.07) is 3.00.